The molecule has 3 heteroatoms. The van der Waals surface area contributed by atoms with Crippen LogP contribution in [-0.2, 0) is 0 Å². The van der Waals surface area contributed by atoms with E-state index in [1.807, 2.05) is 32.9 Å². The third-order valence-electron chi connectivity index (χ3n) is 3.13. The summed E-state index contributed by atoms with van der Waals surface area (Å²) in [4.78, 5) is 11.9. The Kier molecular flexibility index (Phi) is 4.38. The van der Waals surface area contributed by atoms with Crippen LogP contribution in [0, 0.1) is 19.3 Å². The second kappa shape index (κ2) is 5.42. The Morgan fingerprint density at radius 1 is 1.11 bits per heavy atom. The molecule has 0 heterocycles. The summed E-state index contributed by atoms with van der Waals surface area (Å²) < 4.78 is 0. The Balaban J connectivity index is 2.65. The zero-order valence-electron chi connectivity index (χ0n) is 12.2. The second-order valence-electron chi connectivity index (χ2n) is 6.06. The maximum atomic E-state index is 11.9. The minimum Gasteiger partial charge on any atom is -0.335 e. The molecule has 0 unspecified atom stereocenters. The van der Waals surface area contributed by atoms with Gasteiger partial charge in [-0.25, -0.2) is 4.79 Å². The molecule has 0 aliphatic carbocycles. The zero-order chi connectivity index (χ0) is 13.9. The van der Waals surface area contributed by atoms with Gasteiger partial charge in [0.1, 0.15) is 0 Å². The number of carbonyl (C=O) groups is 1. The van der Waals surface area contributed by atoms with Gasteiger partial charge in [-0.2, -0.15) is 0 Å². The zero-order valence-corrected chi connectivity index (χ0v) is 12.2. The Bertz CT molecular complexity index is 412. The molecule has 100 valence electrons. The Morgan fingerprint density at radius 2 is 1.61 bits per heavy atom. The van der Waals surface area contributed by atoms with E-state index in [1.54, 1.807) is 0 Å². The molecule has 0 radical (unpaired) electrons. The van der Waals surface area contributed by atoms with Crippen LogP contribution in [0.1, 0.15) is 38.8 Å². The lowest BCUT2D eigenvalue weighted by Crippen LogP contribution is -2.43. The Labute approximate surface area is 110 Å². The summed E-state index contributed by atoms with van der Waals surface area (Å²) in [5.74, 6) is 0. The molecule has 0 aliphatic rings. The third kappa shape index (κ3) is 4.40. The van der Waals surface area contributed by atoms with Gasteiger partial charge < -0.3 is 10.6 Å². The van der Waals surface area contributed by atoms with Crippen LogP contribution in [0.15, 0.2) is 18.2 Å². The van der Waals surface area contributed by atoms with Crippen LogP contribution < -0.4 is 10.6 Å². The van der Waals surface area contributed by atoms with E-state index in [-0.39, 0.29) is 17.5 Å². The van der Waals surface area contributed by atoms with E-state index >= 15 is 0 Å². The Hall–Kier alpha value is -1.51. The molecule has 0 saturated heterocycles. The molecule has 0 bridgehead atoms. The van der Waals surface area contributed by atoms with Crippen molar-refractivity contribution in [2.75, 3.05) is 5.32 Å². The van der Waals surface area contributed by atoms with Crippen molar-refractivity contribution in [3.63, 3.8) is 0 Å². The molecule has 0 aliphatic heterocycles. The van der Waals surface area contributed by atoms with Gasteiger partial charge in [0, 0.05) is 11.7 Å². The van der Waals surface area contributed by atoms with Crippen molar-refractivity contribution in [2.45, 2.75) is 47.6 Å². The average molecular weight is 248 g/mol. The highest BCUT2D eigenvalue weighted by molar-refractivity contribution is 5.89. The fraction of sp³-hybridized carbons (Fsp3) is 0.533. The molecule has 1 rings (SSSR count). The first-order chi connectivity index (χ1) is 8.18. The number of benzene rings is 1. The van der Waals surface area contributed by atoms with E-state index in [2.05, 4.69) is 37.5 Å². The van der Waals surface area contributed by atoms with Crippen molar-refractivity contribution in [3.05, 3.63) is 29.3 Å². The molecule has 0 aromatic heterocycles. The fourth-order valence-corrected chi connectivity index (χ4v) is 1.63. The molecule has 0 saturated carbocycles. The molecule has 0 spiro atoms. The van der Waals surface area contributed by atoms with Crippen molar-refractivity contribution < 1.29 is 4.79 Å². The van der Waals surface area contributed by atoms with Crippen LogP contribution in [0.5, 0.6) is 0 Å². The first-order valence-electron chi connectivity index (χ1n) is 6.34. The van der Waals surface area contributed by atoms with Gasteiger partial charge in [-0.1, -0.05) is 26.8 Å². The maximum absolute atomic E-state index is 11.9. The lowest BCUT2D eigenvalue weighted by atomic mass is 9.88. The highest BCUT2D eigenvalue weighted by Gasteiger charge is 2.21. The quantitative estimate of drug-likeness (QED) is 0.819. The largest absolute Gasteiger partial charge is 0.335 e. The molecule has 2 amide bonds. The van der Waals surface area contributed by atoms with Gasteiger partial charge in [-0.15, -0.1) is 0 Å². The van der Waals surface area contributed by atoms with Crippen molar-refractivity contribution in [1.82, 2.24) is 5.32 Å². The molecule has 2 N–H and O–H groups in total. The van der Waals surface area contributed by atoms with Gasteiger partial charge in [-0.05, 0) is 49.4 Å². The van der Waals surface area contributed by atoms with Crippen LogP contribution in [-0.4, -0.2) is 12.1 Å². The molecule has 1 aromatic carbocycles. The standard InChI is InChI=1S/C15H24N2O/c1-10-7-11(2)9-13(8-10)17-14(18)16-12(3)15(4,5)6/h7-9,12H,1-6H3,(H2,16,17,18)/t12-/m0/s1. The van der Waals surface area contributed by atoms with Crippen molar-refractivity contribution in [1.29, 1.82) is 0 Å². The SMILES string of the molecule is Cc1cc(C)cc(NC(=O)N[C@@H](C)C(C)(C)C)c1. The first-order valence-corrected chi connectivity index (χ1v) is 6.34. The normalized spacial score (nSPS) is 13.0. The summed E-state index contributed by atoms with van der Waals surface area (Å²) >= 11 is 0. The van der Waals surface area contributed by atoms with Crippen LogP contribution in [0.3, 0.4) is 0 Å². The average Bonchev–Trinajstić information content (AvgIpc) is 2.13. The van der Waals surface area contributed by atoms with Crippen LogP contribution >= 0.6 is 0 Å². The van der Waals surface area contributed by atoms with Gasteiger partial charge in [-0.3, -0.25) is 0 Å². The molecule has 1 atom stereocenters. The van der Waals surface area contributed by atoms with Gasteiger partial charge in [0.05, 0.1) is 0 Å². The van der Waals surface area contributed by atoms with Crippen LogP contribution in [0.4, 0.5) is 10.5 Å². The minimum atomic E-state index is -0.151. The number of nitrogens with one attached hydrogen (secondary N) is 2. The van der Waals surface area contributed by atoms with E-state index in [0.717, 1.165) is 16.8 Å². The lowest BCUT2D eigenvalue weighted by molar-refractivity contribution is 0.233. The molecule has 3 nitrogen and oxygen atoms in total. The number of aryl methyl sites for hydroxylation is 2. The Morgan fingerprint density at radius 3 is 2.06 bits per heavy atom. The maximum Gasteiger partial charge on any atom is 0.319 e. The molecular formula is C15H24N2O. The van der Waals surface area contributed by atoms with E-state index in [9.17, 15) is 4.79 Å². The monoisotopic (exact) mass is 248 g/mol. The topological polar surface area (TPSA) is 41.1 Å². The van der Waals surface area contributed by atoms with E-state index in [4.69, 9.17) is 0 Å². The second-order valence-corrected chi connectivity index (χ2v) is 6.06. The summed E-state index contributed by atoms with van der Waals surface area (Å²) in [6, 6.07) is 5.98. The van der Waals surface area contributed by atoms with Gasteiger partial charge in [0.2, 0.25) is 0 Å². The lowest BCUT2D eigenvalue weighted by Gasteiger charge is -2.28. The molecule has 0 fully saturated rings. The van der Waals surface area contributed by atoms with Gasteiger partial charge in [0.15, 0.2) is 0 Å². The number of amides is 2. The number of hydrogen-bond acceptors (Lipinski definition) is 1. The van der Waals surface area contributed by atoms with Crippen molar-refractivity contribution >= 4 is 11.7 Å². The number of anilines is 1. The highest BCUT2D eigenvalue weighted by Crippen LogP contribution is 2.19. The minimum absolute atomic E-state index is 0.0554. The fourth-order valence-electron chi connectivity index (χ4n) is 1.63. The summed E-state index contributed by atoms with van der Waals surface area (Å²) in [6.45, 7) is 12.4. The van der Waals surface area contributed by atoms with Crippen molar-refractivity contribution in [3.8, 4) is 0 Å². The molecule has 1 aromatic rings. The molecule has 18 heavy (non-hydrogen) atoms. The van der Waals surface area contributed by atoms with Gasteiger partial charge in [0.25, 0.3) is 0 Å². The summed E-state index contributed by atoms with van der Waals surface area (Å²) in [5, 5.41) is 5.83. The third-order valence-corrected chi connectivity index (χ3v) is 3.13. The van der Waals surface area contributed by atoms with Crippen molar-refractivity contribution in [2.24, 2.45) is 5.41 Å². The molecular weight excluding hydrogens is 224 g/mol. The van der Waals surface area contributed by atoms with E-state index in [1.165, 1.54) is 0 Å². The smallest absolute Gasteiger partial charge is 0.319 e. The van der Waals surface area contributed by atoms with Crippen LogP contribution in [0.25, 0.3) is 0 Å². The highest BCUT2D eigenvalue weighted by atomic mass is 16.2. The summed E-state index contributed by atoms with van der Waals surface area (Å²) in [7, 11) is 0. The summed E-state index contributed by atoms with van der Waals surface area (Å²) in [6.07, 6.45) is 0. The predicted octanol–water partition coefficient (Wildman–Crippen LogP) is 3.86. The van der Waals surface area contributed by atoms with Crippen LogP contribution in [0.2, 0.25) is 0 Å². The number of hydrogen-bond donors (Lipinski definition) is 2. The number of carbonyl (C=O) groups excluding carboxylic acids is 1. The first kappa shape index (κ1) is 14.6. The summed E-state index contributed by atoms with van der Waals surface area (Å²) in [5.41, 5.74) is 3.19. The number of urea groups is 1. The van der Waals surface area contributed by atoms with E-state index in [0.29, 0.717) is 0 Å². The van der Waals surface area contributed by atoms with E-state index < -0.39 is 0 Å². The predicted molar refractivity (Wildman–Crippen MR) is 77.0 cm³/mol. The number of rotatable bonds is 2. The van der Waals surface area contributed by atoms with Gasteiger partial charge >= 0.3 is 6.03 Å².